The molecule has 2 N–H and O–H groups in total. The summed E-state index contributed by atoms with van der Waals surface area (Å²) in [5.74, 6) is 2.71. The molecule has 2 aromatic rings. The van der Waals surface area contributed by atoms with Gasteiger partial charge in [-0.05, 0) is 36.6 Å². The summed E-state index contributed by atoms with van der Waals surface area (Å²) in [7, 11) is 0. The van der Waals surface area contributed by atoms with Crippen molar-refractivity contribution in [3.8, 4) is 0 Å². The van der Waals surface area contributed by atoms with Crippen LogP contribution in [-0.4, -0.2) is 18.7 Å². The smallest absolute Gasteiger partial charge is 0.259 e. The van der Waals surface area contributed by atoms with E-state index in [1.807, 2.05) is 42.5 Å². The number of hydrogen-bond acceptors (Lipinski definition) is 4. The zero-order chi connectivity index (χ0) is 15.4. The summed E-state index contributed by atoms with van der Waals surface area (Å²) in [6.45, 7) is 2.38. The minimum absolute atomic E-state index is 0.171. The van der Waals surface area contributed by atoms with Gasteiger partial charge in [0.25, 0.3) is 5.91 Å². The molecule has 0 aliphatic heterocycles. The quantitative estimate of drug-likeness (QED) is 0.636. The number of anilines is 1. The number of carbonyl (C=O) groups excluding carboxylic acids is 1. The van der Waals surface area contributed by atoms with Crippen LogP contribution in [0.1, 0.15) is 30.8 Å². The topological polar surface area (TPSA) is 66.6 Å². The highest BCUT2D eigenvalue weighted by atomic mass is 16.3. The van der Waals surface area contributed by atoms with Crippen molar-refractivity contribution in [3.05, 3.63) is 54.0 Å². The van der Waals surface area contributed by atoms with Crippen LogP contribution in [0.4, 0.5) is 5.69 Å². The Bertz CT molecular complexity index is 664. The summed E-state index contributed by atoms with van der Waals surface area (Å²) >= 11 is 0. The molecule has 1 aromatic carbocycles. The van der Waals surface area contributed by atoms with Crippen molar-refractivity contribution in [2.45, 2.75) is 19.3 Å². The van der Waals surface area contributed by atoms with Crippen molar-refractivity contribution in [2.75, 3.05) is 11.9 Å². The molecule has 0 radical (unpaired) electrons. The molecule has 0 bridgehead atoms. The van der Waals surface area contributed by atoms with Gasteiger partial charge in [-0.15, -0.1) is 0 Å². The molecule has 22 heavy (non-hydrogen) atoms. The summed E-state index contributed by atoms with van der Waals surface area (Å²) in [6.07, 6.45) is 2.71. The number of carbonyl (C=O) groups is 1. The SMILES string of the molecule is C[C@H]1C[C@@H]1c1ccc(/C=N\NC(=O)CNc2ccccc2)o1. The fourth-order valence-corrected chi connectivity index (χ4v) is 2.30. The Hall–Kier alpha value is -2.56. The van der Waals surface area contributed by atoms with Gasteiger partial charge in [-0.1, -0.05) is 25.1 Å². The second-order valence-electron chi connectivity index (χ2n) is 5.57. The molecule has 114 valence electrons. The third-order valence-corrected chi connectivity index (χ3v) is 3.73. The first-order valence-corrected chi connectivity index (χ1v) is 7.43. The van der Waals surface area contributed by atoms with Crippen LogP contribution in [0.25, 0.3) is 0 Å². The van der Waals surface area contributed by atoms with Crippen LogP contribution in [0, 0.1) is 5.92 Å². The van der Waals surface area contributed by atoms with Crippen LogP contribution in [0.15, 0.2) is 52.0 Å². The number of hydrogen-bond donors (Lipinski definition) is 2. The van der Waals surface area contributed by atoms with Crippen molar-refractivity contribution in [3.63, 3.8) is 0 Å². The predicted molar refractivity (Wildman–Crippen MR) is 85.9 cm³/mol. The van der Waals surface area contributed by atoms with Gasteiger partial charge < -0.3 is 9.73 Å². The van der Waals surface area contributed by atoms with E-state index in [-0.39, 0.29) is 12.5 Å². The summed E-state index contributed by atoms with van der Waals surface area (Å²) in [5.41, 5.74) is 3.37. The Morgan fingerprint density at radius 1 is 1.32 bits per heavy atom. The Morgan fingerprint density at radius 2 is 2.09 bits per heavy atom. The highest BCUT2D eigenvalue weighted by Gasteiger charge is 2.36. The average Bonchev–Trinajstić information content (AvgIpc) is 3.08. The van der Waals surface area contributed by atoms with E-state index in [4.69, 9.17) is 4.42 Å². The molecule has 0 spiro atoms. The van der Waals surface area contributed by atoms with Gasteiger partial charge in [-0.3, -0.25) is 4.79 Å². The van der Waals surface area contributed by atoms with Gasteiger partial charge in [-0.2, -0.15) is 5.10 Å². The first kappa shape index (κ1) is 14.4. The van der Waals surface area contributed by atoms with Gasteiger partial charge in [0.1, 0.15) is 11.5 Å². The zero-order valence-corrected chi connectivity index (χ0v) is 12.5. The molecule has 1 amide bonds. The molecular weight excluding hydrogens is 278 g/mol. The van der Waals surface area contributed by atoms with Gasteiger partial charge in [0.2, 0.25) is 0 Å². The molecule has 0 saturated heterocycles. The van der Waals surface area contributed by atoms with Crippen LogP contribution in [0.3, 0.4) is 0 Å². The van der Waals surface area contributed by atoms with Gasteiger partial charge >= 0.3 is 0 Å². The molecular formula is C17H19N3O2. The minimum Gasteiger partial charge on any atom is -0.460 e. The molecule has 1 heterocycles. The van der Waals surface area contributed by atoms with Crippen LogP contribution < -0.4 is 10.7 Å². The maximum atomic E-state index is 11.7. The normalized spacial score (nSPS) is 20.0. The number of hydrazone groups is 1. The Balaban J connectivity index is 1.43. The van der Waals surface area contributed by atoms with Crippen molar-refractivity contribution in [1.82, 2.24) is 5.43 Å². The van der Waals surface area contributed by atoms with Crippen LogP contribution in [0.2, 0.25) is 0 Å². The van der Waals surface area contributed by atoms with E-state index in [0.717, 1.165) is 11.4 Å². The lowest BCUT2D eigenvalue weighted by Crippen LogP contribution is -2.25. The number of para-hydroxylation sites is 1. The van der Waals surface area contributed by atoms with Crippen molar-refractivity contribution >= 4 is 17.8 Å². The molecule has 1 fully saturated rings. The molecule has 1 aliphatic carbocycles. The standard InChI is InChI=1S/C17H19N3O2/c1-12-9-15(12)16-8-7-14(22-16)10-19-20-17(21)11-18-13-5-3-2-4-6-13/h2-8,10,12,15,18H,9,11H2,1H3,(H,20,21)/b19-10-/t12-,15-/m0/s1. The Labute approximate surface area is 129 Å². The highest BCUT2D eigenvalue weighted by Crippen LogP contribution is 2.47. The third-order valence-electron chi connectivity index (χ3n) is 3.73. The largest absolute Gasteiger partial charge is 0.460 e. The maximum absolute atomic E-state index is 11.7. The monoisotopic (exact) mass is 297 g/mol. The third kappa shape index (κ3) is 3.75. The van der Waals surface area contributed by atoms with Gasteiger partial charge in [0.05, 0.1) is 12.8 Å². The van der Waals surface area contributed by atoms with Gasteiger partial charge in [0.15, 0.2) is 0 Å². The lowest BCUT2D eigenvalue weighted by molar-refractivity contribution is -0.119. The average molecular weight is 297 g/mol. The van der Waals surface area contributed by atoms with Crippen molar-refractivity contribution in [1.29, 1.82) is 0 Å². The Morgan fingerprint density at radius 3 is 2.82 bits per heavy atom. The first-order valence-electron chi connectivity index (χ1n) is 7.43. The molecule has 2 atom stereocenters. The van der Waals surface area contributed by atoms with Crippen molar-refractivity contribution < 1.29 is 9.21 Å². The number of amides is 1. The van der Waals surface area contributed by atoms with E-state index in [9.17, 15) is 4.79 Å². The first-order chi connectivity index (χ1) is 10.7. The second kappa shape index (κ2) is 6.47. The fourth-order valence-electron chi connectivity index (χ4n) is 2.30. The summed E-state index contributed by atoms with van der Waals surface area (Å²) in [4.78, 5) is 11.7. The molecule has 1 aliphatic rings. The van der Waals surface area contributed by atoms with E-state index in [2.05, 4.69) is 22.8 Å². The molecule has 5 nitrogen and oxygen atoms in total. The minimum atomic E-state index is -0.206. The van der Waals surface area contributed by atoms with Crippen LogP contribution in [-0.2, 0) is 4.79 Å². The number of benzene rings is 1. The van der Waals surface area contributed by atoms with Crippen molar-refractivity contribution in [2.24, 2.45) is 11.0 Å². The lowest BCUT2D eigenvalue weighted by atomic mass is 10.3. The number of nitrogens with one attached hydrogen (secondary N) is 2. The molecule has 1 aromatic heterocycles. The lowest BCUT2D eigenvalue weighted by Gasteiger charge is -2.04. The Kier molecular flexibility index (Phi) is 4.23. The van der Waals surface area contributed by atoms with E-state index in [1.165, 1.54) is 12.6 Å². The summed E-state index contributed by atoms with van der Waals surface area (Å²) in [5, 5.41) is 6.92. The van der Waals surface area contributed by atoms with Crippen LogP contribution in [0.5, 0.6) is 0 Å². The van der Waals surface area contributed by atoms with E-state index >= 15 is 0 Å². The molecule has 3 rings (SSSR count). The highest BCUT2D eigenvalue weighted by molar-refractivity contribution is 5.83. The predicted octanol–water partition coefficient (Wildman–Crippen LogP) is 2.97. The number of furan rings is 1. The second-order valence-corrected chi connectivity index (χ2v) is 5.57. The van der Waals surface area contributed by atoms with E-state index in [1.54, 1.807) is 0 Å². The fraction of sp³-hybridized carbons (Fsp3) is 0.294. The van der Waals surface area contributed by atoms with E-state index < -0.39 is 0 Å². The maximum Gasteiger partial charge on any atom is 0.259 e. The van der Waals surface area contributed by atoms with Crippen LogP contribution >= 0.6 is 0 Å². The summed E-state index contributed by atoms with van der Waals surface area (Å²) < 4.78 is 5.67. The zero-order valence-electron chi connectivity index (χ0n) is 12.5. The molecule has 5 heteroatoms. The van der Waals surface area contributed by atoms with Gasteiger partial charge in [-0.25, -0.2) is 5.43 Å². The summed E-state index contributed by atoms with van der Waals surface area (Å²) in [6, 6.07) is 13.4. The number of rotatable bonds is 6. The number of nitrogens with zero attached hydrogens (tertiary/aromatic N) is 1. The van der Waals surface area contributed by atoms with Gasteiger partial charge in [0, 0.05) is 11.6 Å². The molecule has 0 unspecified atom stereocenters. The van der Waals surface area contributed by atoms with E-state index in [0.29, 0.717) is 17.6 Å². The molecule has 1 saturated carbocycles.